The summed E-state index contributed by atoms with van der Waals surface area (Å²) in [4.78, 5) is 23.3. The number of esters is 1. The van der Waals surface area contributed by atoms with Gasteiger partial charge in [-0.1, -0.05) is 60.3 Å². The first kappa shape index (κ1) is 31.1. The summed E-state index contributed by atoms with van der Waals surface area (Å²) >= 11 is 1.46. The van der Waals surface area contributed by atoms with Gasteiger partial charge in [0.2, 0.25) is 5.16 Å². The summed E-state index contributed by atoms with van der Waals surface area (Å²) < 4.78 is 19.4. The van der Waals surface area contributed by atoms with Crippen LogP contribution in [-0.4, -0.2) is 60.3 Å². The van der Waals surface area contributed by atoms with Crippen LogP contribution < -0.4 is 5.32 Å². The third kappa shape index (κ3) is 7.99. The Morgan fingerprint density at radius 2 is 1.70 bits per heavy atom. The van der Waals surface area contributed by atoms with Crippen LogP contribution in [0.3, 0.4) is 0 Å². The molecule has 13 heteroatoms. The molecule has 0 radical (unpaired) electrons. The molecule has 0 aliphatic carbocycles. The van der Waals surface area contributed by atoms with Gasteiger partial charge in [0.05, 0.1) is 24.5 Å². The van der Waals surface area contributed by atoms with E-state index in [1.54, 1.807) is 28.9 Å². The molecule has 0 bridgehead atoms. The van der Waals surface area contributed by atoms with E-state index in [0.717, 1.165) is 27.9 Å². The number of amides is 1. The van der Waals surface area contributed by atoms with E-state index in [9.17, 15) is 19.8 Å². The largest absolute Gasteiger partial charge is 0.508 e. The van der Waals surface area contributed by atoms with E-state index in [1.165, 1.54) is 25.6 Å². The molecule has 0 spiro atoms. The molecule has 2 heterocycles. The number of carbonyl (C=O) groups excluding carboxylic acids is 2. The molecule has 0 saturated carbocycles. The molecule has 1 amide bonds. The number of thioether (sulfide) groups is 1. The number of hydrogen-bond acceptors (Lipinski definition) is 11. The number of carbonyl (C=O) groups is 2. The van der Waals surface area contributed by atoms with Crippen LogP contribution in [0, 0.1) is 0 Å². The highest BCUT2D eigenvalue weighted by Crippen LogP contribution is 2.39. The first-order valence-electron chi connectivity index (χ1n) is 14.0. The Kier molecular flexibility index (Phi) is 10.2. The highest BCUT2D eigenvalue weighted by Gasteiger charge is 2.32. The number of nitrogens with one attached hydrogen (secondary N) is 1. The Hall–Kier alpha value is -4.30. The Morgan fingerprint density at radius 3 is 2.39 bits per heavy atom. The molecule has 5 rings (SSSR count). The minimum Gasteiger partial charge on any atom is -0.508 e. The van der Waals surface area contributed by atoms with Crippen molar-refractivity contribution in [2.75, 3.05) is 5.75 Å². The van der Waals surface area contributed by atoms with Crippen LogP contribution in [0.25, 0.3) is 5.69 Å². The van der Waals surface area contributed by atoms with E-state index < -0.39 is 18.4 Å². The molecule has 1 fully saturated rings. The number of aromatic nitrogens is 4. The van der Waals surface area contributed by atoms with Gasteiger partial charge < -0.3 is 29.7 Å². The molecular formula is C31H33N5O7S. The summed E-state index contributed by atoms with van der Waals surface area (Å²) in [6.45, 7) is 3.01. The maximum absolute atomic E-state index is 12.2. The summed E-state index contributed by atoms with van der Waals surface area (Å²) in [5.41, 5.74) is 4.18. The molecule has 44 heavy (non-hydrogen) atoms. The first-order valence-corrected chi connectivity index (χ1v) is 15.0. The van der Waals surface area contributed by atoms with Crippen LogP contribution in [0.2, 0.25) is 0 Å². The van der Waals surface area contributed by atoms with Crippen LogP contribution in [0.5, 0.6) is 5.75 Å². The molecule has 4 atom stereocenters. The van der Waals surface area contributed by atoms with Crippen LogP contribution in [0.15, 0.2) is 78.0 Å². The monoisotopic (exact) mass is 619 g/mol. The minimum atomic E-state index is -0.875. The van der Waals surface area contributed by atoms with Crippen molar-refractivity contribution >= 4 is 23.6 Å². The normalized spacial score (nSPS) is 18.8. The maximum Gasteiger partial charge on any atom is 0.303 e. The number of aliphatic hydroxyl groups excluding tert-OH is 1. The van der Waals surface area contributed by atoms with Crippen molar-refractivity contribution in [2.24, 2.45) is 0 Å². The van der Waals surface area contributed by atoms with E-state index in [2.05, 4.69) is 20.8 Å². The highest BCUT2D eigenvalue weighted by atomic mass is 32.2. The second kappa shape index (κ2) is 14.4. The molecular weight excluding hydrogens is 586 g/mol. The van der Waals surface area contributed by atoms with Crippen molar-refractivity contribution in [3.05, 3.63) is 95.1 Å². The second-order valence-corrected chi connectivity index (χ2v) is 11.2. The van der Waals surface area contributed by atoms with Crippen molar-refractivity contribution in [1.82, 2.24) is 25.5 Å². The number of tetrazole rings is 1. The van der Waals surface area contributed by atoms with Crippen LogP contribution in [0.1, 0.15) is 54.9 Å². The lowest BCUT2D eigenvalue weighted by atomic mass is 10.0. The molecule has 0 unspecified atom stereocenters. The number of phenols is 1. The van der Waals surface area contributed by atoms with Gasteiger partial charge in [-0.25, -0.2) is 0 Å². The number of phenolic OH excluding ortho intramolecular Hbond substituents is 1. The molecule has 12 nitrogen and oxygen atoms in total. The SMILES string of the molecule is CC(=O)O[C@@H](C)C(=O)NCc1ccc([C@H]2O[C@@H](CSc3nnnn3-c3ccc(O)cc3)C[C@@H](c3ccc(CO)cc3)O2)cc1. The topological polar surface area (TPSA) is 158 Å². The van der Waals surface area contributed by atoms with Gasteiger partial charge >= 0.3 is 5.97 Å². The first-order chi connectivity index (χ1) is 21.3. The Morgan fingerprint density at radius 1 is 1.02 bits per heavy atom. The summed E-state index contributed by atoms with van der Waals surface area (Å²) in [6.07, 6.45) is -1.42. The van der Waals surface area contributed by atoms with E-state index >= 15 is 0 Å². The Bertz CT molecular complexity index is 1550. The van der Waals surface area contributed by atoms with Crippen molar-refractivity contribution in [1.29, 1.82) is 0 Å². The van der Waals surface area contributed by atoms with Crippen molar-refractivity contribution in [2.45, 2.75) is 63.2 Å². The van der Waals surface area contributed by atoms with E-state index in [1.807, 2.05) is 48.5 Å². The van der Waals surface area contributed by atoms with Crippen LogP contribution in [0.4, 0.5) is 0 Å². The quantitative estimate of drug-likeness (QED) is 0.166. The third-order valence-electron chi connectivity index (χ3n) is 6.98. The highest BCUT2D eigenvalue weighted by molar-refractivity contribution is 7.99. The predicted molar refractivity (Wildman–Crippen MR) is 159 cm³/mol. The molecule has 1 aromatic heterocycles. The fraction of sp³-hybridized carbons (Fsp3) is 0.323. The zero-order valence-corrected chi connectivity index (χ0v) is 25.0. The standard InChI is InChI=1S/C31H33N5O7S/c1-19(41-20(2)38)29(40)32-16-21-3-9-24(10-4-21)30-42-27(15-28(43-30)23-7-5-22(17-37)6-8-23)18-44-31-33-34-35-36(31)25-11-13-26(39)14-12-25/h3-14,19,27-28,30,37,39H,15-18H2,1-2H3,(H,32,40)/t19-,27+,28-,30-/m0/s1. The maximum atomic E-state index is 12.2. The number of rotatable bonds is 11. The molecule has 1 aliphatic heterocycles. The number of aliphatic hydroxyl groups is 1. The molecule has 1 saturated heterocycles. The minimum absolute atomic E-state index is 0.0397. The van der Waals surface area contributed by atoms with Gasteiger partial charge in [0.15, 0.2) is 12.4 Å². The van der Waals surface area contributed by atoms with Crippen molar-refractivity contribution < 1.29 is 34.0 Å². The summed E-state index contributed by atoms with van der Waals surface area (Å²) in [6, 6.07) is 21.9. The zero-order chi connectivity index (χ0) is 31.1. The average molecular weight is 620 g/mol. The average Bonchev–Trinajstić information content (AvgIpc) is 3.51. The predicted octanol–water partition coefficient (Wildman–Crippen LogP) is 3.77. The van der Waals surface area contributed by atoms with Gasteiger partial charge in [0.1, 0.15) is 5.75 Å². The number of hydrogen-bond donors (Lipinski definition) is 3. The van der Waals surface area contributed by atoms with Crippen molar-refractivity contribution in [3.8, 4) is 11.4 Å². The zero-order valence-electron chi connectivity index (χ0n) is 24.2. The summed E-state index contributed by atoms with van der Waals surface area (Å²) in [5, 5.41) is 34.6. The van der Waals surface area contributed by atoms with E-state index in [0.29, 0.717) is 17.3 Å². The summed E-state index contributed by atoms with van der Waals surface area (Å²) in [5.74, 6) is -0.189. The van der Waals surface area contributed by atoms with Gasteiger partial charge in [-0.15, -0.1) is 5.10 Å². The lowest BCUT2D eigenvalue weighted by Crippen LogP contribution is -2.35. The Labute approximate surface area is 258 Å². The van der Waals surface area contributed by atoms with Crippen molar-refractivity contribution in [3.63, 3.8) is 0 Å². The van der Waals surface area contributed by atoms with Gasteiger partial charge in [-0.05, 0) is 58.3 Å². The number of benzene rings is 3. The fourth-order valence-electron chi connectivity index (χ4n) is 4.64. The summed E-state index contributed by atoms with van der Waals surface area (Å²) in [7, 11) is 0. The molecule has 4 aromatic rings. The molecule has 3 N–H and O–H groups in total. The Balaban J connectivity index is 1.28. The van der Waals surface area contributed by atoms with Gasteiger partial charge in [-0.2, -0.15) is 4.68 Å². The smallest absolute Gasteiger partial charge is 0.303 e. The van der Waals surface area contributed by atoms with Gasteiger partial charge in [0, 0.05) is 31.2 Å². The lowest BCUT2D eigenvalue weighted by molar-refractivity contribution is -0.245. The third-order valence-corrected chi connectivity index (χ3v) is 8.03. The molecule has 230 valence electrons. The van der Waals surface area contributed by atoms with Crippen LogP contribution in [-0.2, 0) is 37.0 Å². The van der Waals surface area contributed by atoms with E-state index in [4.69, 9.17) is 14.2 Å². The lowest BCUT2D eigenvalue weighted by Gasteiger charge is -2.36. The molecule has 1 aliphatic rings. The fourth-order valence-corrected chi connectivity index (χ4v) is 5.55. The number of nitrogens with zero attached hydrogens (tertiary/aromatic N) is 4. The van der Waals surface area contributed by atoms with Crippen LogP contribution >= 0.6 is 11.8 Å². The number of aromatic hydroxyl groups is 1. The molecule has 3 aromatic carbocycles. The second-order valence-electron chi connectivity index (χ2n) is 10.3. The number of ether oxygens (including phenoxy) is 3. The van der Waals surface area contributed by atoms with Gasteiger partial charge in [-0.3, -0.25) is 9.59 Å². The van der Waals surface area contributed by atoms with E-state index in [-0.39, 0.29) is 37.0 Å². The van der Waals surface area contributed by atoms with Gasteiger partial charge in [0.25, 0.3) is 5.91 Å².